The van der Waals surface area contributed by atoms with Gasteiger partial charge in [-0.2, -0.15) is 0 Å². The molecule has 0 spiro atoms. The number of amides is 2. The lowest BCUT2D eigenvalue weighted by Gasteiger charge is -2.16. The molecular formula is C21H23BrN2O4. The Bertz CT molecular complexity index is 826. The SMILES string of the molecule is C[C@@H](NC(=O)CCC(=O)N[C@@H](Cc1cccc(Br)c1)C(=O)O)c1ccccc1. The molecule has 2 aromatic carbocycles. The Morgan fingerprint density at radius 2 is 1.61 bits per heavy atom. The third kappa shape index (κ3) is 7.15. The van der Waals surface area contributed by atoms with Crippen molar-refractivity contribution in [3.63, 3.8) is 0 Å². The number of carbonyl (C=O) groups is 3. The summed E-state index contributed by atoms with van der Waals surface area (Å²) in [6.07, 6.45) is 0.0829. The molecule has 0 unspecified atom stereocenters. The van der Waals surface area contributed by atoms with Gasteiger partial charge in [-0.3, -0.25) is 9.59 Å². The minimum Gasteiger partial charge on any atom is -0.480 e. The first-order valence-corrected chi connectivity index (χ1v) is 9.75. The lowest BCUT2D eigenvalue weighted by molar-refractivity contribution is -0.141. The monoisotopic (exact) mass is 446 g/mol. The molecule has 2 atom stereocenters. The van der Waals surface area contributed by atoms with Crippen LogP contribution in [0.2, 0.25) is 0 Å². The van der Waals surface area contributed by atoms with Crippen LogP contribution in [-0.2, 0) is 20.8 Å². The van der Waals surface area contributed by atoms with Gasteiger partial charge in [0.2, 0.25) is 11.8 Å². The van der Waals surface area contributed by atoms with Gasteiger partial charge in [0.05, 0.1) is 6.04 Å². The molecule has 7 heteroatoms. The summed E-state index contributed by atoms with van der Waals surface area (Å²) in [6, 6.07) is 15.5. The van der Waals surface area contributed by atoms with E-state index < -0.39 is 17.9 Å². The Labute approximate surface area is 172 Å². The summed E-state index contributed by atoms with van der Waals surface area (Å²) in [5.41, 5.74) is 1.76. The number of carbonyl (C=O) groups excluding carboxylic acids is 2. The minimum absolute atomic E-state index is 0.00771. The molecular weight excluding hydrogens is 424 g/mol. The van der Waals surface area contributed by atoms with Crippen molar-refractivity contribution in [2.45, 2.75) is 38.3 Å². The zero-order valence-electron chi connectivity index (χ0n) is 15.5. The molecule has 0 heterocycles. The van der Waals surface area contributed by atoms with Gasteiger partial charge in [-0.25, -0.2) is 4.79 Å². The molecule has 0 aromatic heterocycles. The number of carboxylic acids is 1. The molecule has 2 amide bonds. The maximum atomic E-state index is 12.1. The van der Waals surface area contributed by atoms with Crippen molar-refractivity contribution in [1.29, 1.82) is 0 Å². The van der Waals surface area contributed by atoms with E-state index in [1.165, 1.54) is 0 Å². The Morgan fingerprint density at radius 3 is 2.21 bits per heavy atom. The van der Waals surface area contributed by atoms with E-state index in [2.05, 4.69) is 26.6 Å². The number of nitrogens with one attached hydrogen (secondary N) is 2. The summed E-state index contributed by atoms with van der Waals surface area (Å²) >= 11 is 3.34. The lowest BCUT2D eigenvalue weighted by atomic mass is 10.1. The molecule has 0 aliphatic heterocycles. The molecule has 0 fully saturated rings. The standard InChI is InChI=1S/C21H23BrN2O4/c1-14(16-7-3-2-4-8-16)23-19(25)10-11-20(26)24-18(21(27)28)13-15-6-5-9-17(22)12-15/h2-9,12,14,18H,10-11,13H2,1H3,(H,23,25)(H,24,26)(H,27,28)/t14-,18+/m1/s1. The summed E-state index contributed by atoms with van der Waals surface area (Å²) < 4.78 is 0.838. The zero-order chi connectivity index (χ0) is 20.5. The maximum absolute atomic E-state index is 12.1. The summed E-state index contributed by atoms with van der Waals surface area (Å²) in [4.78, 5) is 35.6. The van der Waals surface area contributed by atoms with E-state index in [1.54, 1.807) is 18.2 Å². The first-order chi connectivity index (χ1) is 13.3. The fourth-order valence-corrected chi connectivity index (χ4v) is 3.18. The van der Waals surface area contributed by atoms with E-state index >= 15 is 0 Å². The zero-order valence-corrected chi connectivity index (χ0v) is 17.1. The van der Waals surface area contributed by atoms with Gasteiger partial charge in [0.25, 0.3) is 0 Å². The highest BCUT2D eigenvalue weighted by molar-refractivity contribution is 9.10. The summed E-state index contributed by atoms with van der Waals surface area (Å²) in [5.74, 6) is -1.84. The second kappa shape index (κ2) is 10.6. The summed E-state index contributed by atoms with van der Waals surface area (Å²) in [6.45, 7) is 1.87. The van der Waals surface area contributed by atoms with Crippen LogP contribution < -0.4 is 10.6 Å². The lowest BCUT2D eigenvalue weighted by Crippen LogP contribution is -2.42. The first-order valence-electron chi connectivity index (χ1n) is 8.96. The molecule has 148 valence electrons. The third-order valence-electron chi connectivity index (χ3n) is 4.22. The molecule has 0 bridgehead atoms. The van der Waals surface area contributed by atoms with Crippen molar-refractivity contribution < 1.29 is 19.5 Å². The Balaban J connectivity index is 1.82. The van der Waals surface area contributed by atoms with Crippen LogP contribution in [0.25, 0.3) is 0 Å². The minimum atomic E-state index is -1.12. The quantitative estimate of drug-likeness (QED) is 0.550. The number of rotatable bonds is 9. The summed E-state index contributed by atoms with van der Waals surface area (Å²) in [5, 5.41) is 14.7. The van der Waals surface area contributed by atoms with Gasteiger partial charge in [0, 0.05) is 23.7 Å². The van der Waals surface area contributed by atoms with E-state index in [0.717, 1.165) is 15.6 Å². The highest BCUT2D eigenvalue weighted by atomic mass is 79.9. The number of benzene rings is 2. The van der Waals surface area contributed by atoms with E-state index in [9.17, 15) is 19.5 Å². The topological polar surface area (TPSA) is 95.5 Å². The van der Waals surface area contributed by atoms with Crippen molar-refractivity contribution >= 4 is 33.7 Å². The molecule has 2 aromatic rings. The number of hydrogen-bond acceptors (Lipinski definition) is 3. The average molecular weight is 447 g/mol. The van der Waals surface area contributed by atoms with Crippen molar-refractivity contribution in [2.24, 2.45) is 0 Å². The third-order valence-corrected chi connectivity index (χ3v) is 4.71. The Kier molecular flexibility index (Phi) is 8.19. The molecule has 2 rings (SSSR count). The predicted molar refractivity (Wildman–Crippen MR) is 110 cm³/mol. The second-order valence-electron chi connectivity index (χ2n) is 6.49. The van der Waals surface area contributed by atoms with E-state index in [-0.39, 0.29) is 31.2 Å². The van der Waals surface area contributed by atoms with E-state index in [0.29, 0.717) is 0 Å². The van der Waals surface area contributed by atoms with Crippen molar-refractivity contribution in [2.75, 3.05) is 0 Å². The molecule has 6 nitrogen and oxygen atoms in total. The highest BCUT2D eigenvalue weighted by Crippen LogP contribution is 2.14. The largest absolute Gasteiger partial charge is 0.480 e. The molecule has 0 radical (unpaired) electrons. The summed E-state index contributed by atoms with van der Waals surface area (Å²) in [7, 11) is 0. The van der Waals surface area contributed by atoms with Gasteiger partial charge in [-0.05, 0) is 30.2 Å². The van der Waals surface area contributed by atoms with Gasteiger partial charge >= 0.3 is 5.97 Å². The molecule has 3 N–H and O–H groups in total. The predicted octanol–water partition coefficient (Wildman–Crippen LogP) is 3.22. The molecule has 0 saturated heterocycles. The van der Waals surface area contributed by atoms with Gasteiger partial charge in [0.1, 0.15) is 6.04 Å². The van der Waals surface area contributed by atoms with Crippen LogP contribution in [0.4, 0.5) is 0 Å². The van der Waals surface area contributed by atoms with Gasteiger partial charge < -0.3 is 15.7 Å². The van der Waals surface area contributed by atoms with Crippen LogP contribution in [0.15, 0.2) is 59.1 Å². The van der Waals surface area contributed by atoms with Crippen LogP contribution in [0.1, 0.15) is 36.9 Å². The smallest absolute Gasteiger partial charge is 0.326 e. The van der Waals surface area contributed by atoms with Gasteiger partial charge in [-0.15, -0.1) is 0 Å². The number of halogens is 1. The number of hydrogen-bond donors (Lipinski definition) is 3. The number of aliphatic carboxylic acids is 1. The van der Waals surface area contributed by atoms with Crippen LogP contribution in [0, 0.1) is 0 Å². The van der Waals surface area contributed by atoms with E-state index in [1.807, 2.05) is 43.3 Å². The molecule has 28 heavy (non-hydrogen) atoms. The van der Waals surface area contributed by atoms with E-state index in [4.69, 9.17) is 0 Å². The molecule has 0 aliphatic carbocycles. The second-order valence-corrected chi connectivity index (χ2v) is 7.41. The van der Waals surface area contributed by atoms with Crippen molar-refractivity contribution in [1.82, 2.24) is 10.6 Å². The fourth-order valence-electron chi connectivity index (χ4n) is 2.73. The van der Waals surface area contributed by atoms with Gasteiger partial charge in [-0.1, -0.05) is 58.4 Å². The van der Waals surface area contributed by atoms with Crippen LogP contribution in [0.5, 0.6) is 0 Å². The Morgan fingerprint density at radius 1 is 0.964 bits per heavy atom. The van der Waals surface area contributed by atoms with Crippen molar-refractivity contribution in [3.05, 3.63) is 70.2 Å². The highest BCUT2D eigenvalue weighted by Gasteiger charge is 2.21. The Hall–Kier alpha value is -2.67. The fraction of sp³-hybridized carbons (Fsp3) is 0.286. The van der Waals surface area contributed by atoms with Crippen LogP contribution >= 0.6 is 15.9 Å². The van der Waals surface area contributed by atoms with Gasteiger partial charge in [0.15, 0.2) is 0 Å². The number of carboxylic acid groups (broad SMARTS) is 1. The normalized spacial score (nSPS) is 12.6. The van der Waals surface area contributed by atoms with Crippen molar-refractivity contribution in [3.8, 4) is 0 Å². The first kappa shape index (κ1) is 21.6. The van der Waals surface area contributed by atoms with Crippen LogP contribution in [-0.4, -0.2) is 28.9 Å². The molecule has 0 saturated carbocycles. The van der Waals surface area contributed by atoms with Crippen LogP contribution in [0.3, 0.4) is 0 Å². The average Bonchev–Trinajstić information content (AvgIpc) is 2.66. The maximum Gasteiger partial charge on any atom is 0.326 e. The molecule has 0 aliphatic rings.